The van der Waals surface area contributed by atoms with Gasteiger partial charge >= 0.3 is 6.18 Å². The molecule has 0 radical (unpaired) electrons. The first-order valence-electron chi connectivity index (χ1n) is 14.5. The molecule has 1 fully saturated rings. The van der Waals surface area contributed by atoms with Gasteiger partial charge in [0, 0.05) is 61.6 Å². The Hall–Kier alpha value is -4.52. The van der Waals surface area contributed by atoms with E-state index >= 15 is 0 Å². The summed E-state index contributed by atoms with van der Waals surface area (Å²) in [6.45, 7) is 14.5. The van der Waals surface area contributed by atoms with E-state index in [-0.39, 0.29) is 17.1 Å². The third kappa shape index (κ3) is 10.9. The van der Waals surface area contributed by atoms with E-state index in [1.807, 2.05) is 32.8 Å². The molecule has 0 unspecified atom stereocenters. The summed E-state index contributed by atoms with van der Waals surface area (Å²) >= 11 is 0. The average Bonchev–Trinajstić information content (AvgIpc) is 3.51. The van der Waals surface area contributed by atoms with Gasteiger partial charge in [0.1, 0.15) is 12.2 Å². The van der Waals surface area contributed by atoms with Gasteiger partial charge in [0.25, 0.3) is 5.91 Å². The summed E-state index contributed by atoms with van der Waals surface area (Å²) in [4.78, 5) is 35.9. The van der Waals surface area contributed by atoms with Gasteiger partial charge < -0.3 is 25.3 Å². The third-order valence-corrected chi connectivity index (χ3v) is 7.08. The van der Waals surface area contributed by atoms with Crippen LogP contribution in [0.25, 0.3) is 0 Å². The number of amides is 1. The molecule has 13 heteroatoms. The van der Waals surface area contributed by atoms with Crippen LogP contribution in [0.5, 0.6) is 0 Å². The Bertz CT molecular complexity index is 1460. The standard InChI is InChI=1S/C32H42F3N9O/c1-22-10-11-25(30(45)41-27-17-26(32(33,34)35)18-28(19-27)43(7)15-14-42(5)6)16-29(22)40-24(3)39-21-38-23(2)20-37-31(36-4)44-12-8-9-13-44/h10-11,16-19,21,40H,3-4,8-9,12-15,20H2,1-2,5-7H3,(H,41,45). The van der Waals surface area contributed by atoms with Crippen molar-refractivity contribution in [3.63, 3.8) is 0 Å². The zero-order chi connectivity index (χ0) is 33.1. The number of likely N-dealkylation sites (N-methyl/N-ethyl adjacent to an activating group) is 2. The van der Waals surface area contributed by atoms with Gasteiger partial charge in [0.15, 0.2) is 0 Å². The van der Waals surface area contributed by atoms with Gasteiger partial charge in [-0.2, -0.15) is 13.2 Å². The van der Waals surface area contributed by atoms with Crippen molar-refractivity contribution in [1.29, 1.82) is 0 Å². The molecule has 3 rings (SSSR count). The van der Waals surface area contributed by atoms with Crippen LogP contribution in [-0.4, -0.2) is 94.3 Å². The number of hydrogen-bond donors (Lipinski definition) is 2. The van der Waals surface area contributed by atoms with Crippen LogP contribution in [0.15, 0.2) is 68.8 Å². The zero-order valence-corrected chi connectivity index (χ0v) is 26.6. The van der Waals surface area contributed by atoms with Gasteiger partial charge in [-0.15, -0.1) is 0 Å². The lowest BCUT2D eigenvalue weighted by atomic mass is 10.1. The summed E-state index contributed by atoms with van der Waals surface area (Å²) in [5, 5.41) is 5.68. The van der Waals surface area contributed by atoms with E-state index in [2.05, 4.69) is 48.8 Å². The van der Waals surface area contributed by atoms with Gasteiger partial charge in [0.2, 0.25) is 5.96 Å². The third-order valence-electron chi connectivity index (χ3n) is 7.08. The lowest BCUT2D eigenvalue weighted by molar-refractivity contribution is -0.137. The number of nitrogens with zero attached hydrogens (tertiary/aromatic N) is 7. The van der Waals surface area contributed by atoms with Crippen molar-refractivity contribution < 1.29 is 18.0 Å². The SMILES string of the molecule is C=NC(=NCC(C)=NC=NC(=C)Nc1cc(C(=O)Nc2cc(N(C)CCN(C)C)cc(C(F)(F)F)c2)ccc1C)N1CCCC1. The highest BCUT2D eigenvalue weighted by Gasteiger charge is 2.32. The summed E-state index contributed by atoms with van der Waals surface area (Å²) in [7, 11) is 5.49. The molecular formula is C32H42F3N9O. The highest BCUT2D eigenvalue weighted by Crippen LogP contribution is 2.34. The molecule has 1 amide bonds. The Morgan fingerprint density at radius 1 is 1.07 bits per heavy atom. The summed E-state index contributed by atoms with van der Waals surface area (Å²) in [5.41, 5.74) is 1.89. The number of halogens is 3. The number of alkyl halides is 3. The fourth-order valence-corrected chi connectivity index (χ4v) is 4.43. The van der Waals surface area contributed by atoms with Gasteiger partial charge in [-0.05, 0) is 83.4 Å². The fraction of sp³-hybridized carbons (Fsp3) is 0.406. The van der Waals surface area contributed by atoms with E-state index in [0.717, 1.165) is 49.3 Å². The maximum atomic E-state index is 13.7. The molecule has 0 bridgehead atoms. The maximum absolute atomic E-state index is 13.7. The molecule has 0 atom stereocenters. The Morgan fingerprint density at radius 3 is 2.42 bits per heavy atom. The summed E-state index contributed by atoms with van der Waals surface area (Å²) in [6.07, 6.45) is -0.983. The topological polar surface area (TPSA) is 100 Å². The van der Waals surface area contributed by atoms with E-state index in [0.29, 0.717) is 37.0 Å². The number of benzene rings is 2. The highest BCUT2D eigenvalue weighted by molar-refractivity contribution is 6.05. The van der Waals surface area contributed by atoms with E-state index in [1.54, 1.807) is 30.1 Å². The Labute approximate surface area is 263 Å². The lowest BCUT2D eigenvalue weighted by Gasteiger charge is -2.23. The monoisotopic (exact) mass is 625 g/mol. The molecule has 1 heterocycles. The van der Waals surface area contributed by atoms with Gasteiger partial charge in [-0.25, -0.2) is 20.0 Å². The first-order valence-corrected chi connectivity index (χ1v) is 14.5. The van der Waals surface area contributed by atoms with Crippen LogP contribution in [0.1, 0.15) is 41.3 Å². The van der Waals surface area contributed by atoms with Crippen LogP contribution in [0.2, 0.25) is 0 Å². The Kier molecular flexibility index (Phi) is 12.4. The normalized spacial score (nSPS) is 14.3. The van der Waals surface area contributed by atoms with Crippen molar-refractivity contribution in [2.45, 2.75) is 32.9 Å². The Morgan fingerprint density at radius 2 is 1.78 bits per heavy atom. The molecule has 1 saturated heterocycles. The van der Waals surface area contributed by atoms with Crippen LogP contribution in [0.4, 0.5) is 30.2 Å². The van der Waals surface area contributed by atoms with Crippen molar-refractivity contribution >= 4 is 47.7 Å². The van der Waals surface area contributed by atoms with E-state index < -0.39 is 17.6 Å². The van der Waals surface area contributed by atoms with Crippen LogP contribution in [0.3, 0.4) is 0 Å². The predicted octanol–water partition coefficient (Wildman–Crippen LogP) is 5.79. The minimum atomic E-state index is -4.57. The molecule has 1 aliphatic heterocycles. The van der Waals surface area contributed by atoms with Gasteiger partial charge in [-0.3, -0.25) is 4.79 Å². The number of likely N-dealkylation sites (tertiary alicyclic amines) is 1. The quantitative estimate of drug-likeness (QED) is 0.230. The van der Waals surface area contributed by atoms with Crippen molar-refractivity contribution in [2.24, 2.45) is 20.0 Å². The van der Waals surface area contributed by atoms with Crippen LogP contribution < -0.4 is 15.5 Å². The molecular weight excluding hydrogens is 583 g/mol. The van der Waals surface area contributed by atoms with Crippen molar-refractivity contribution in [3.8, 4) is 0 Å². The van der Waals surface area contributed by atoms with Crippen LogP contribution >= 0.6 is 0 Å². The number of hydrogen-bond acceptors (Lipinski definition) is 6. The lowest BCUT2D eigenvalue weighted by Crippen LogP contribution is -2.28. The number of aryl methyl sites for hydroxylation is 1. The number of carbonyl (C=O) groups excluding carboxylic acids is 1. The molecule has 0 saturated carbocycles. The molecule has 0 spiro atoms. The summed E-state index contributed by atoms with van der Waals surface area (Å²) < 4.78 is 41.1. The number of carbonyl (C=O) groups is 1. The van der Waals surface area contributed by atoms with Crippen molar-refractivity contribution in [1.82, 2.24) is 9.80 Å². The minimum Gasteiger partial charge on any atom is -0.373 e. The first kappa shape index (κ1) is 35.0. The smallest absolute Gasteiger partial charge is 0.373 e. The number of nitrogens with one attached hydrogen (secondary N) is 2. The zero-order valence-electron chi connectivity index (χ0n) is 26.6. The molecule has 0 aromatic heterocycles. The molecule has 10 nitrogen and oxygen atoms in total. The second-order valence-corrected chi connectivity index (χ2v) is 11.1. The predicted molar refractivity (Wildman–Crippen MR) is 179 cm³/mol. The molecule has 45 heavy (non-hydrogen) atoms. The second-order valence-electron chi connectivity index (χ2n) is 11.1. The van der Waals surface area contributed by atoms with Crippen LogP contribution in [0, 0.1) is 6.92 Å². The average molecular weight is 626 g/mol. The molecule has 2 N–H and O–H groups in total. The fourth-order valence-electron chi connectivity index (χ4n) is 4.43. The summed E-state index contributed by atoms with van der Waals surface area (Å²) in [6, 6.07) is 8.46. The molecule has 2 aromatic rings. The largest absolute Gasteiger partial charge is 0.416 e. The minimum absolute atomic E-state index is 0.0413. The van der Waals surface area contributed by atoms with Gasteiger partial charge in [0.05, 0.1) is 12.1 Å². The van der Waals surface area contributed by atoms with E-state index in [4.69, 9.17) is 0 Å². The van der Waals surface area contributed by atoms with Crippen LogP contribution in [-0.2, 0) is 6.18 Å². The molecule has 242 valence electrons. The molecule has 0 aliphatic carbocycles. The highest BCUT2D eigenvalue weighted by atomic mass is 19.4. The number of aliphatic imine (C=N–C) groups is 4. The maximum Gasteiger partial charge on any atom is 0.416 e. The van der Waals surface area contributed by atoms with Crippen molar-refractivity contribution in [3.05, 3.63) is 65.5 Å². The first-order chi connectivity index (χ1) is 21.3. The number of guanidine groups is 1. The van der Waals surface area contributed by atoms with E-state index in [1.165, 1.54) is 12.4 Å². The Balaban J connectivity index is 1.69. The molecule has 1 aliphatic rings. The number of rotatable bonds is 12. The van der Waals surface area contributed by atoms with Gasteiger partial charge in [-0.1, -0.05) is 12.6 Å². The van der Waals surface area contributed by atoms with Crippen molar-refractivity contribution in [2.75, 3.05) is 69.4 Å². The molecule has 2 aromatic carbocycles. The van der Waals surface area contributed by atoms with E-state index in [9.17, 15) is 18.0 Å². The number of anilines is 3. The second kappa shape index (κ2) is 16.0. The summed E-state index contributed by atoms with van der Waals surface area (Å²) in [5.74, 6) is 0.339.